The Bertz CT molecular complexity index is 480. The van der Waals surface area contributed by atoms with Gasteiger partial charge in [0.15, 0.2) is 11.5 Å². The molecule has 0 unspecified atom stereocenters. The van der Waals surface area contributed by atoms with Gasteiger partial charge in [0.1, 0.15) is 6.04 Å². The number of hydrogen-bond acceptors (Lipinski definition) is 4. The van der Waals surface area contributed by atoms with Gasteiger partial charge in [-0.25, -0.2) is 0 Å². The summed E-state index contributed by atoms with van der Waals surface area (Å²) in [5.74, 6) is -0.0683. The smallest absolute Gasteiger partial charge is 0.408 e. The van der Waals surface area contributed by atoms with Gasteiger partial charge in [0.05, 0.1) is 6.61 Å². The van der Waals surface area contributed by atoms with Gasteiger partial charge in [0, 0.05) is 26.2 Å². The number of benzene rings is 1. The van der Waals surface area contributed by atoms with E-state index in [9.17, 15) is 18.3 Å². The fourth-order valence-corrected chi connectivity index (χ4v) is 2.52. The lowest BCUT2D eigenvalue weighted by atomic mass is 10.0. The summed E-state index contributed by atoms with van der Waals surface area (Å²) in [7, 11) is 0. The number of nitrogens with one attached hydrogen (secondary N) is 1. The summed E-state index contributed by atoms with van der Waals surface area (Å²) in [6, 6.07) is 2.15. The molecule has 0 bridgehead atoms. The maximum absolute atomic E-state index is 13.4. The van der Waals surface area contributed by atoms with Gasteiger partial charge in [-0.3, -0.25) is 4.90 Å². The molecule has 126 valence electrons. The predicted octanol–water partition coefficient (Wildman–Crippen LogP) is 2.72. The molecule has 0 saturated carbocycles. The molecule has 0 aliphatic carbocycles. The minimum Gasteiger partial charge on any atom is -0.504 e. The Morgan fingerprint density at radius 3 is 2.50 bits per heavy atom. The molecule has 2 rings (SSSR count). The van der Waals surface area contributed by atoms with Crippen LogP contribution in [0.25, 0.3) is 0 Å². The monoisotopic (exact) mass is 340 g/mol. The first-order valence-electron chi connectivity index (χ1n) is 6.90. The molecule has 1 fully saturated rings. The Hall–Kier alpha value is -1.18. The largest absolute Gasteiger partial charge is 0.504 e. The van der Waals surface area contributed by atoms with Crippen LogP contribution in [0, 0.1) is 0 Å². The first-order chi connectivity index (χ1) is 9.93. The van der Waals surface area contributed by atoms with E-state index < -0.39 is 12.2 Å². The average molecular weight is 341 g/mol. The number of rotatable bonds is 4. The molecule has 0 radical (unpaired) electrons. The van der Waals surface area contributed by atoms with Crippen molar-refractivity contribution in [3.63, 3.8) is 0 Å². The molecule has 1 aromatic rings. The van der Waals surface area contributed by atoms with Crippen LogP contribution in [0.3, 0.4) is 0 Å². The quantitative estimate of drug-likeness (QED) is 0.884. The second-order valence-electron chi connectivity index (χ2n) is 4.89. The van der Waals surface area contributed by atoms with E-state index in [2.05, 4.69) is 5.32 Å². The highest BCUT2D eigenvalue weighted by Gasteiger charge is 2.45. The van der Waals surface area contributed by atoms with E-state index in [0.29, 0.717) is 26.2 Å². The van der Waals surface area contributed by atoms with Crippen molar-refractivity contribution in [2.24, 2.45) is 0 Å². The number of nitrogens with zero attached hydrogens (tertiary/aromatic N) is 1. The van der Waals surface area contributed by atoms with Gasteiger partial charge in [-0.15, -0.1) is 12.4 Å². The van der Waals surface area contributed by atoms with Crippen molar-refractivity contribution in [2.75, 3.05) is 32.8 Å². The zero-order valence-corrected chi connectivity index (χ0v) is 13.0. The highest BCUT2D eigenvalue weighted by atomic mass is 35.5. The number of hydrogen-bond donors (Lipinski definition) is 2. The fourth-order valence-electron chi connectivity index (χ4n) is 2.52. The van der Waals surface area contributed by atoms with Crippen LogP contribution in [-0.4, -0.2) is 49.0 Å². The van der Waals surface area contributed by atoms with Gasteiger partial charge in [-0.1, -0.05) is 6.07 Å². The molecule has 2 N–H and O–H groups in total. The molecule has 0 spiro atoms. The lowest BCUT2D eigenvalue weighted by Gasteiger charge is -2.36. The highest BCUT2D eigenvalue weighted by Crippen LogP contribution is 2.40. The topological polar surface area (TPSA) is 44.7 Å². The Morgan fingerprint density at radius 1 is 1.32 bits per heavy atom. The van der Waals surface area contributed by atoms with Crippen LogP contribution in [0.1, 0.15) is 18.5 Å². The summed E-state index contributed by atoms with van der Waals surface area (Å²) in [5, 5.41) is 12.7. The third kappa shape index (κ3) is 4.41. The van der Waals surface area contributed by atoms with E-state index in [1.165, 1.54) is 23.1 Å². The third-order valence-electron chi connectivity index (χ3n) is 3.43. The maximum Gasteiger partial charge on any atom is 0.408 e. The SMILES string of the molecule is CCOc1cc([C@@H](N2CCNCC2)C(F)(F)F)ccc1O.Cl. The number of alkyl halides is 3. The Balaban J connectivity index is 0.00000242. The van der Waals surface area contributed by atoms with E-state index in [1.54, 1.807) is 6.92 Å². The summed E-state index contributed by atoms with van der Waals surface area (Å²) in [6.07, 6.45) is -4.38. The second kappa shape index (κ2) is 7.89. The second-order valence-corrected chi connectivity index (χ2v) is 4.89. The molecule has 1 saturated heterocycles. The number of phenols is 1. The van der Waals surface area contributed by atoms with Crippen molar-refractivity contribution in [1.82, 2.24) is 10.2 Å². The zero-order valence-electron chi connectivity index (χ0n) is 12.2. The zero-order chi connectivity index (χ0) is 15.5. The number of halogens is 4. The lowest BCUT2D eigenvalue weighted by Crippen LogP contribution is -2.49. The van der Waals surface area contributed by atoms with Crippen LogP contribution in [0.5, 0.6) is 11.5 Å². The lowest BCUT2D eigenvalue weighted by molar-refractivity contribution is -0.187. The number of phenolic OH excluding ortho intramolecular Hbond substituents is 1. The van der Waals surface area contributed by atoms with Crippen LogP contribution >= 0.6 is 12.4 Å². The molecule has 22 heavy (non-hydrogen) atoms. The van der Waals surface area contributed by atoms with Crippen LogP contribution < -0.4 is 10.1 Å². The van der Waals surface area contributed by atoms with Crippen LogP contribution in [0.2, 0.25) is 0 Å². The van der Waals surface area contributed by atoms with Gasteiger partial charge in [0.2, 0.25) is 0 Å². The Kier molecular flexibility index (Phi) is 6.77. The minimum absolute atomic E-state index is 0. The van der Waals surface area contributed by atoms with Crippen LogP contribution in [0.4, 0.5) is 13.2 Å². The van der Waals surface area contributed by atoms with Gasteiger partial charge in [-0.2, -0.15) is 13.2 Å². The van der Waals surface area contributed by atoms with E-state index in [0.717, 1.165) is 0 Å². The molecule has 1 aromatic carbocycles. The molecule has 1 aliphatic heterocycles. The molecule has 1 aliphatic rings. The molecule has 1 atom stereocenters. The van der Waals surface area contributed by atoms with Crippen molar-refractivity contribution in [1.29, 1.82) is 0 Å². The standard InChI is InChI=1S/C14H19F3N2O2.ClH/c1-2-21-12-9-10(3-4-11(12)20)13(14(15,16)17)19-7-5-18-6-8-19;/h3-4,9,13,18,20H,2,5-8H2,1H3;1H/t13-;/m1./s1. The summed E-state index contributed by atoms with van der Waals surface area (Å²) in [5.41, 5.74) is 0.0886. The van der Waals surface area contributed by atoms with E-state index >= 15 is 0 Å². The number of ether oxygens (including phenoxy) is 1. The predicted molar refractivity (Wildman–Crippen MR) is 79.8 cm³/mol. The number of aromatic hydroxyl groups is 1. The first-order valence-corrected chi connectivity index (χ1v) is 6.90. The fraction of sp³-hybridized carbons (Fsp3) is 0.571. The Morgan fingerprint density at radius 2 is 1.95 bits per heavy atom. The van der Waals surface area contributed by atoms with E-state index in [4.69, 9.17) is 4.74 Å². The molecule has 0 amide bonds. The van der Waals surface area contributed by atoms with Gasteiger partial charge < -0.3 is 15.2 Å². The summed E-state index contributed by atoms with van der Waals surface area (Å²) < 4.78 is 45.5. The highest BCUT2D eigenvalue weighted by molar-refractivity contribution is 5.85. The van der Waals surface area contributed by atoms with Crippen LogP contribution in [-0.2, 0) is 0 Å². The maximum atomic E-state index is 13.4. The summed E-state index contributed by atoms with van der Waals surface area (Å²) >= 11 is 0. The van der Waals surface area contributed by atoms with E-state index in [1.807, 2.05) is 0 Å². The molecule has 4 nitrogen and oxygen atoms in total. The summed E-state index contributed by atoms with van der Waals surface area (Å²) in [6.45, 7) is 3.71. The molecule has 1 heterocycles. The Labute approximate surface area is 133 Å². The first kappa shape index (κ1) is 18.9. The minimum atomic E-state index is -4.38. The van der Waals surface area contributed by atoms with Crippen molar-refractivity contribution in [3.05, 3.63) is 23.8 Å². The summed E-state index contributed by atoms with van der Waals surface area (Å²) in [4.78, 5) is 1.40. The molecule has 0 aromatic heterocycles. The van der Waals surface area contributed by atoms with E-state index in [-0.39, 0.29) is 36.1 Å². The molecular formula is C14H20ClF3N2O2. The van der Waals surface area contributed by atoms with Gasteiger partial charge in [0.25, 0.3) is 0 Å². The average Bonchev–Trinajstić information content (AvgIpc) is 2.42. The third-order valence-corrected chi connectivity index (χ3v) is 3.43. The van der Waals surface area contributed by atoms with Crippen LogP contribution in [0.15, 0.2) is 18.2 Å². The van der Waals surface area contributed by atoms with Gasteiger partial charge in [-0.05, 0) is 24.6 Å². The number of piperazine rings is 1. The molecule has 8 heteroatoms. The van der Waals surface area contributed by atoms with Crippen molar-refractivity contribution in [2.45, 2.75) is 19.1 Å². The van der Waals surface area contributed by atoms with Crippen molar-refractivity contribution < 1.29 is 23.0 Å². The van der Waals surface area contributed by atoms with Crippen molar-refractivity contribution >= 4 is 12.4 Å². The normalized spacial score (nSPS) is 17.6. The van der Waals surface area contributed by atoms with Crippen molar-refractivity contribution in [3.8, 4) is 11.5 Å². The molecular weight excluding hydrogens is 321 g/mol. The van der Waals surface area contributed by atoms with Gasteiger partial charge >= 0.3 is 6.18 Å².